The first kappa shape index (κ1) is 13.0. The summed E-state index contributed by atoms with van der Waals surface area (Å²) in [7, 11) is 0. The second kappa shape index (κ2) is 7.27. The molecule has 1 heteroatoms. The van der Waals surface area contributed by atoms with Gasteiger partial charge in [0, 0.05) is 0 Å². The first-order valence-corrected chi connectivity index (χ1v) is 6.98. The first-order chi connectivity index (χ1) is 7.27. The molecule has 15 heavy (non-hydrogen) atoms. The molecule has 0 saturated carbocycles. The third-order valence-corrected chi connectivity index (χ3v) is 4.17. The molecule has 3 unspecified atom stereocenters. The minimum absolute atomic E-state index is 0.945. The van der Waals surface area contributed by atoms with Crippen molar-refractivity contribution >= 4 is 0 Å². The standard InChI is InChI=1S/C14H29N/c1-4-6-7-13(5-2)10-14-11-15-9-8-12(14)3/h12-15H,4-11H2,1-3H3. The minimum Gasteiger partial charge on any atom is -0.316 e. The molecule has 1 aliphatic rings. The summed E-state index contributed by atoms with van der Waals surface area (Å²) in [6, 6.07) is 0. The highest BCUT2D eigenvalue weighted by Gasteiger charge is 2.23. The monoisotopic (exact) mass is 211 g/mol. The van der Waals surface area contributed by atoms with E-state index in [0.29, 0.717) is 0 Å². The maximum absolute atomic E-state index is 3.55. The van der Waals surface area contributed by atoms with Crippen molar-refractivity contribution in [3.8, 4) is 0 Å². The molecule has 1 rings (SSSR count). The zero-order chi connectivity index (χ0) is 11.1. The molecule has 1 saturated heterocycles. The molecule has 1 heterocycles. The molecule has 0 aromatic rings. The Balaban J connectivity index is 2.29. The Morgan fingerprint density at radius 2 is 2.13 bits per heavy atom. The predicted molar refractivity (Wildman–Crippen MR) is 68.1 cm³/mol. The molecule has 0 spiro atoms. The molecular formula is C14H29N. The maximum atomic E-state index is 3.55. The lowest BCUT2D eigenvalue weighted by molar-refractivity contribution is 0.216. The van der Waals surface area contributed by atoms with Crippen molar-refractivity contribution in [2.24, 2.45) is 17.8 Å². The van der Waals surface area contributed by atoms with Crippen LogP contribution in [0.2, 0.25) is 0 Å². The zero-order valence-corrected chi connectivity index (χ0v) is 10.9. The van der Waals surface area contributed by atoms with Gasteiger partial charge in [0.25, 0.3) is 0 Å². The smallest absolute Gasteiger partial charge is 0.00179 e. The lowest BCUT2D eigenvalue weighted by Crippen LogP contribution is -2.36. The summed E-state index contributed by atoms with van der Waals surface area (Å²) in [5.74, 6) is 2.87. The Morgan fingerprint density at radius 3 is 2.73 bits per heavy atom. The lowest BCUT2D eigenvalue weighted by Gasteiger charge is -2.32. The summed E-state index contributed by atoms with van der Waals surface area (Å²) in [5, 5.41) is 3.55. The molecule has 0 aromatic heterocycles. The van der Waals surface area contributed by atoms with Crippen LogP contribution in [0.25, 0.3) is 0 Å². The average molecular weight is 211 g/mol. The number of rotatable bonds is 6. The van der Waals surface area contributed by atoms with Crippen LogP contribution in [0.5, 0.6) is 0 Å². The molecule has 90 valence electrons. The van der Waals surface area contributed by atoms with E-state index in [2.05, 4.69) is 26.1 Å². The Labute approximate surface area is 96.0 Å². The van der Waals surface area contributed by atoms with Gasteiger partial charge in [-0.2, -0.15) is 0 Å². The van der Waals surface area contributed by atoms with Crippen molar-refractivity contribution in [2.45, 2.75) is 59.3 Å². The van der Waals surface area contributed by atoms with Gasteiger partial charge in [-0.05, 0) is 43.7 Å². The van der Waals surface area contributed by atoms with E-state index in [4.69, 9.17) is 0 Å². The summed E-state index contributed by atoms with van der Waals surface area (Å²) in [4.78, 5) is 0. The molecule has 0 amide bonds. The molecule has 0 aromatic carbocycles. The van der Waals surface area contributed by atoms with Gasteiger partial charge >= 0.3 is 0 Å². The molecule has 1 aliphatic heterocycles. The van der Waals surface area contributed by atoms with E-state index in [0.717, 1.165) is 17.8 Å². The topological polar surface area (TPSA) is 12.0 Å². The van der Waals surface area contributed by atoms with Crippen LogP contribution in [-0.2, 0) is 0 Å². The second-order valence-corrected chi connectivity index (χ2v) is 5.38. The van der Waals surface area contributed by atoms with Gasteiger partial charge in [-0.25, -0.2) is 0 Å². The predicted octanol–water partition coefficient (Wildman–Crippen LogP) is 3.84. The van der Waals surface area contributed by atoms with Crippen molar-refractivity contribution in [3.63, 3.8) is 0 Å². The molecule has 0 aliphatic carbocycles. The number of piperidine rings is 1. The number of nitrogens with one attached hydrogen (secondary N) is 1. The molecule has 1 fully saturated rings. The molecule has 1 nitrogen and oxygen atoms in total. The summed E-state index contributed by atoms with van der Waals surface area (Å²) in [6.45, 7) is 9.62. The van der Waals surface area contributed by atoms with E-state index in [1.54, 1.807) is 0 Å². The summed E-state index contributed by atoms with van der Waals surface area (Å²) in [5.41, 5.74) is 0. The Kier molecular flexibility index (Phi) is 6.31. The fourth-order valence-electron chi connectivity index (χ4n) is 2.78. The molecule has 0 radical (unpaired) electrons. The van der Waals surface area contributed by atoms with Crippen LogP contribution in [0, 0.1) is 17.8 Å². The van der Waals surface area contributed by atoms with Crippen molar-refractivity contribution in [3.05, 3.63) is 0 Å². The maximum Gasteiger partial charge on any atom is -0.00179 e. The Bertz CT molecular complexity index is 155. The van der Waals surface area contributed by atoms with Crippen molar-refractivity contribution in [1.29, 1.82) is 0 Å². The second-order valence-electron chi connectivity index (χ2n) is 5.38. The van der Waals surface area contributed by atoms with Crippen LogP contribution in [0.4, 0.5) is 0 Å². The average Bonchev–Trinajstić information content (AvgIpc) is 2.26. The zero-order valence-electron chi connectivity index (χ0n) is 10.9. The van der Waals surface area contributed by atoms with Crippen LogP contribution in [0.15, 0.2) is 0 Å². The van der Waals surface area contributed by atoms with Gasteiger partial charge in [-0.3, -0.25) is 0 Å². The molecular weight excluding hydrogens is 182 g/mol. The number of hydrogen-bond donors (Lipinski definition) is 1. The largest absolute Gasteiger partial charge is 0.316 e. The summed E-state index contributed by atoms with van der Waals surface area (Å²) >= 11 is 0. The van der Waals surface area contributed by atoms with E-state index in [1.807, 2.05) is 0 Å². The van der Waals surface area contributed by atoms with E-state index >= 15 is 0 Å². The molecule has 0 bridgehead atoms. The highest BCUT2D eigenvalue weighted by Crippen LogP contribution is 2.28. The quantitative estimate of drug-likeness (QED) is 0.704. The molecule has 1 N–H and O–H groups in total. The van der Waals surface area contributed by atoms with E-state index in [-0.39, 0.29) is 0 Å². The van der Waals surface area contributed by atoms with Gasteiger partial charge in [0.1, 0.15) is 0 Å². The highest BCUT2D eigenvalue weighted by atomic mass is 14.9. The number of unbranched alkanes of at least 4 members (excludes halogenated alkanes) is 1. The fraction of sp³-hybridized carbons (Fsp3) is 1.00. The van der Waals surface area contributed by atoms with Gasteiger partial charge in [0.2, 0.25) is 0 Å². The highest BCUT2D eigenvalue weighted by molar-refractivity contribution is 4.77. The van der Waals surface area contributed by atoms with Crippen LogP contribution < -0.4 is 5.32 Å². The van der Waals surface area contributed by atoms with Crippen LogP contribution in [0.3, 0.4) is 0 Å². The third-order valence-electron chi connectivity index (χ3n) is 4.17. The van der Waals surface area contributed by atoms with Crippen molar-refractivity contribution in [1.82, 2.24) is 5.32 Å². The third kappa shape index (κ3) is 4.55. The molecule has 3 atom stereocenters. The van der Waals surface area contributed by atoms with Crippen LogP contribution >= 0.6 is 0 Å². The van der Waals surface area contributed by atoms with E-state index < -0.39 is 0 Å². The van der Waals surface area contributed by atoms with Crippen LogP contribution in [-0.4, -0.2) is 13.1 Å². The normalized spacial score (nSPS) is 29.0. The van der Waals surface area contributed by atoms with Gasteiger partial charge in [0.15, 0.2) is 0 Å². The Morgan fingerprint density at radius 1 is 1.33 bits per heavy atom. The van der Waals surface area contributed by atoms with Crippen molar-refractivity contribution in [2.75, 3.05) is 13.1 Å². The van der Waals surface area contributed by atoms with E-state index in [1.165, 1.54) is 51.6 Å². The summed E-state index contributed by atoms with van der Waals surface area (Å²) in [6.07, 6.45) is 8.46. The van der Waals surface area contributed by atoms with Gasteiger partial charge in [0.05, 0.1) is 0 Å². The first-order valence-electron chi connectivity index (χ1n) is 6.98. The lowest BCUT2D eigenvalue weighted by atomic mass is 9.79. The van der Waals surface area contributed by atoms with Crippen LogP contribution in [0.1, 0.15) is 59.3 Å². The fourth-order valence-corrected chi connectivity index (χ4v) is 2.78. The van der Waals surface area contributed by atoms with Gasteiger partial charge < -0.3 is 5.32 Å². The SMILES string of the molecule is CCCCC(CC)CC1CNCCC1C. The van der Waals surface area contributed by atoms with Gasteiger partial charge in [-0.15, -0.1) is 0 Å². The Hall–Kier alpha value is -0.0400. The van der Waals surface area contributed by atoms with Crippen molar-refractivity contribution < 1.29 is 0 Å². The number of hydrogen-bond acceptors (Lipinski definition) is 1. The minimum atomic E-state index is 0.945. The van der Waals surface area contributed by atoms with Gasteiger partial charge in [-0.1, -0.05) is 46.5 Å². The van der Waals surface area contributed by atoms with E-state index in [9.17, 15) is 0 Å². The summed E-state index contributed by atoms with van der Waals surface area (Å²) < 4.78 is 0.